The third-order valence-electron chi connectivity index (χ3n) is 7.08. The van der Waals surface area contributed by atoms with E-state index in [1.165, 1.54) is 0 Å². The van der Waals surface area contributed by atoms with Gasteiger partial charge in [-0.3, -0.25) is 4.79 Å². The molecule has 1 aromatic carbocycles. The second kappa shape index (κ2) is 7.22. The molecule has 0 radical (unpaired) electrons. The average Bonchev–Trinajstić information content (AvgIpc) is 3.29. The Morgan fingerprint density at radius 3 is 2.32 bits per heavy atom. The molecular weight excluding hydrogens is 450 g/mol. The third kappa shape index (κ3) is 3.00. The van der Waals surface area contributed by atoms with Crippen LogP contribution < -0.4 is 4.90 Å². The first-order valence-corrected chi connectivity index (χ1v) is 11.0. The molecular formula is C24H19F4N5O. The molecule has 4 atom stereocenters. The standard InChI is InChI=1S/C24H19F4N5O/c1-12-4-2-5-14(18(12)21-29-8-3-9-30-21)23(34)32-16-6-7-17(32)20-19(16)33(20)22-15(25)10-13(11-31-22)24(26,27)28/h2-5,8-11,16-17,19-20H,6-7H2,1H3. The zero-order valence-corrected chi connectivity index (χ0v) is 18.0. The van der Waals surface area contributed by atoms with E-state index in [9.17, 15) is 22.4 Å². The number of carbonyl (C=O) groups is 1. The Hall–Kier alpha value is -3.56. The lowest BCUT2D eigenvalue weighted by Crippen LogP contribution is -2.43. The number of piperazine rings is 1. The van der Waals surface area contributed by atoms with Gasteiger partial charge in [-0.2, -0.15) is 13.2 Å². The highest BCUT2D eigenvalue weighted by Gasteiger charge is 2.70. The lowest BCUT2D eigenvalue weighted by atomic mass is 9.99. The van der Waals surface area contributed by atoms with Gasteiger partial charge < -0.3 is 9.80 Å². The molecule has 1 amide bonds. The van der Waals surface area contributed by atoms with Gasteiger partial charge in [0.1, 0.15) is 0 Å². The van der Waals surface area contributed by atoms with Gasteiger partial charge in [0.05, 0.1) is 35.3 Å². The molecule has 5 heterocycles. The molecule has 6 nitrogen and oxygen atoms in total. The van der Waals surface area contributed by atoms with Crippen molar-refractivity contribution in [1.29, 1.82) is 0 Å². The Balaban J connectivity index is 1.29. The summed E-state index contributed by atoms with van der Waals surface area (Å²) in [5.41, 5.74) is 0.956. The molecule has 0 saturated carbocycles. The van der Waals surface area contributed by atoms with Gasteiger partial charge in [0.15, 0.2) is 17.5 Å². The lowest BCUT2D eigenvalue weighted by Gasteiger charge is -2.29. The molecule has 3 aromatic rings. The maximum absolute atomic E-state index is 14.6. The van der Waals surface area contributed by atoms with Gasteiger partial charge in [-0.25, -0.2) is 19.3 Å². The summed E-state index contributed by atoms with van der Waals surface area (Å²) in [5.74, 6) is -0.741. The maximum atomic E-state index is 14.6. The number of alkyl halides is 3. The Labute approximate surface area is 192 Å². The molecule has 3 saturated heterocycles. The first-order valence-electron chi connectivity index (χ1n) is 11.0. The molecule has 174 valence electrons. The number of rotatable bonds is 3. The quantitative estimate of drug-likeness (QED) is 0.424. The Morgan fingerprint density at radius 1 is 1.03 bits per heavy atom. The summed E-state index contributed by atoms with van der Waals surface area (Å²) in [7, 11) is 0. The fraction of sp³-hybridized carbons (Fsp3) is 0.333. The van der Waals surface area contributed by atoms with Crippen LogP contribution in [0.1, 0.15) is 34.3 Å². The first kappa shape index (κ1) is 21.0. The molecule has 0 aliphatic carbocycles. The number of hydrogen-bond acceptors (Lipinski definition) is 5. The van der Waals surface area contributed by atoms with Crippen LogP contribution in [0.25, 0.3) is 11.4 Å². The summed E-state index contributed by atoms with van der Waals surface area (Å²) in [4.78, 5) is 29.7. The number of amides is 1. The minimum absolute atomic E-state index is 0.0825. The van der Waals surface area contributed by atoms with Crippen LogP contribution in [0.3, 0.4) is 0 Å². The van der Waals surface area contributed by atoms with E-state index in [0.29, 0.717) is 29.2 Å². The topological polar surface area (TPSA) is 62.0 Å². The molecule has 3 fully saturated rings. The average molecular weight is 469 g/mol. The highest BCUT2D eigenvalue weighted by atomic mass is 19.4. The van der Waals surface area contributed by atoms with Crippen molar-refractivity contribution in [1.82, 2.24) is 19.9 Å². The fourth-order valence-electron chi connectivity index (χ4n) is 5.70. The highest BCUT2D eigenvalue weighted by Crippen LogP contribution is 2.55. The molecule has 6 rings (SSSR count). The number of pyridine rings is 1. The molecule has 2 aromatic heterocycles. The van der Waals surface area contributed by atoms with Gasteiger partial charge in [-0.05, 0) is 43.5 Å². The van der Waals surface area contributed by atoms with Gasteiger partial charge in [0.2, 0.25) is 0 Å². The van der Waals surface area contributed by atoms with Crippen molar-refractivity contribution in [3.63, 3.8) is 0 Å². The van der Waals surface area contributed by atoms with E-state index in [-0.39, 0.29) is 35.9 Å². The van der Waals surface area contributed by atoms with Crippen molar-refractivity contribution < 1.29 is 22.4 Å². The summed E-state index contributed by atoms with van der Waals surface area (Å²) < 4.78 is 53.2. The monoisotopic (exact) mass is 469 g/mol. The maximum Gasteiger partial charge on any atom is 0.417 e. The summed E-state index contributed by atoms with van der Waals surface area (Å²) in [6.07, 6.45) is 0.759. The third-order valence-corrected chi connectivity index (χ3v) is 7.08. The van der Waals surface area contributed by atoms with Crippen molar-refractivity contribution in [2.24, 2.45) is 0 Å². The van der Waals surface area contributed by atoms with E-state index in [1.807, 2.05) is 24.0 Å². The van der Waals surface area contributed by atoms with E-state index in [4.69, 9.17) is 0 Å². The molecule has 0 N–H and O–H groups in total. The fourth-order valence-corrected chi connectivity index (χ4v) is 5.70. The number of fused-ring (bicyclic) bond motifs is 5. The van der Waals surface area contributed by atoms with Crippen LogP contribution >= 0.6 is 0 Å². The van der Waals surface area contributed by atoms with Gasteiger partial charge >= 0.3 is 6.18 Å². The Morgan fingerprint density at radius 2 is 1.71 bits per heavy atom. The smallest absolute Gasteiger partial charge is 0.340 e. The van der Waals surface area contributed by atoms with Crippen LogP contribution in [0, 0.1) is 12.7 Å². The minimum atomic E-state index is -4.66. The SMILES string of the molecule is Cc1cccc(C(=O)N2C3CCC2C2C3N2c2ncc(C(F)(F)F)cc2F)c1-c1ncccn1. The van der Waals surface area contributed by atoms with E-state index in [2.05, 4.69) is 15.0 Å². The molecule has 3 aliphatic heterocycles. The van der Waals surface area contributed by atoms with Crippen molar-refractivity contribution in [2.45, 2.75) is 50.1 Å². The lowest BCUT2D eigenvalue weighted by molar-refractivity contribution is -0.138. The van der Waals surface area contributed by atoms with Gasteiger partial charge in [0, 0.05) is 24.2 Å². The van der Waals surface area contributed by atoms with Crippen LogP contribution in [0.15, 0.2) is 48.9 Å². The largest absolute Gasteiger partial charge is 0.417 e. The van der Waals surface area contributed by atoms with Gasteiger partial charge in [0.25, 0.3) is 5.91 Å². The van der Waals surface area contributed by atoms with E-state index in [0.717, 1.165) is 18.4 Å². The van der Waals surface area contributed by atoms with Crippen LogP contribution in [-0.2, 0) is 6.18 Å². The molecule has 2 bridgehead atoms. The zero-order chi connectivity index (χ0) is 23.8. The second-order valence-electron chi connectivity index (χ2n) is 8.91. The predicted molar refractivity (Wildman–Crippen MR) is 114 cm³/mol. The number of anilines is 1. The molecule has 0 spiro atoms. The molecule has 10 heteroatoms. The van der Waals surface area contributed by atoms with Crippen LogP contribution in [0.2, 0.25) is 0 Å². The minimum Gasteiger partial charge on any atom is -0.340 e. The van der Waals surface area contributed by atoms with Crippen LogP contribution in [-0.4, -0.2) is 49.9 Å². The van der Waals surface area contributed by atoms with E-state index >= 15 is 0 Å². The zero-order valence-electron chi connectivity index (χ0n) is 18.0. The van der Waals surface area contributed by atoms with Gasteiger partial charge in [-0.1, -0.05) is 12.1 Å². The van der Waals surface area contributed by atoms with Crippen molar-refractivity contribution in [3.8, 4) is 11.4 Å². The number of halogens is 4. The van der Waals surface area contributed by atoms with Crippen molar-refractivity contribution >= 4 is 11.7 Å². The normalized spacial score (nSPS) is 25.0. The summed E-state index contributed by atoms with van der Waals surface area (Å²) in [6, 6.07) is 7.07. The summed E-state index contributed by atoms with van der Waals surface area (Å²) >= 11 is 0. The number of benzene rings is 1. The van der Waals surface area contributed by atoms with Gasteiger partial charge in [-0.15, -0.1) is 0 Å². The number of hydrogen-bond donors (Lipinski definition) is 0. The number of carbonyl (C=O) groups excluding carboxylic acids is 1. The first-order chi connectivity index (χ1) is 16.3. The van der Waals surface area contributed by atoms with Crippen LogP contribution in [0.5, 0.6) is 0 Å². The van der Waals surface area contributed by atoms with E-state index in [1.54, 1.807) is 29.4 Å². The van der Waals surface area contributed by atoms with Crippen LogP contribution in [0.4, 0.5) is 23.4 Å². The molecule has 4 unspecified atom stereocenters. The van der Waals surface area contributed by atoms with E-state index < -0.39 is 17.6 Å². The number of nitrogens with zero attached hydrogens (tertiary/aromatic N) is 5. The molecule has 3 aliphatic rings. The highest BCUT2D eigenvalue weighted by molar-refractivity contribution is 6.02. The molecule has 34 heavy (non-hydrogen) atoms. The summed E-state index contributed by atoms with van der Waals surface area (Å²) in [5, 5.41) is 0. The van der Waals surface area contributed by atoms with Crippen molar-refractivity contribution in [2.75, 3.05) is 4.90 Å². The number of aryl methyl sites for hydroxylation is 1. The number of aromatic nitrogens is 3. The predicted octanol–water partition coefficient (Wildman–Crippen LogP) is 4.25. The summed E-state index contributed by atoms with van der Waals surface area (Å²) in [6.45, 7) is 1.90. The second-order valence-corrected chi connectivity index (χ2v) is 8.91. The Kier molecular flexibility index (Phi) is 4.46. The van der Waals surface area contributed by atoms with Crippen molar-refractivity contribution in [3.05, 3.63) is 71.4 Å². The Bertz CT molecular complexity index is 1280.